The van der Waals surface area contributed by atoms with Crippen molar-refractivity contribution in [2.75, 3.05) is 13.1 Å². The first-order valence-corrected chi connectivity index (χ1v) is 9.46. The summed E-state index contributed by atoms with van der Waals surface area (Å²) in [6, 6.07) is 11.6. The SMILES string of the molecule is CCNC(=NCc1coc(-c2ccc(C)cc2)n1)NCC(=O)NCc1ccco1.I. The minimum atomic E-state index is -0.157. The highest BCUT2D eigenvalue weighted by atomic mass is 127. The molecule has 0 unspecified atom stereocenters. The van der Waals surface area contributed by atoms with Gasteiger partial charge in [-0.3, -0.25) is 4.79 Å². The van der Waals surface area contributed by atoms with Gasteiger partial charge in [0.05, 0.1) is 25.9 Å². The van der Waals surface area contributed by atoms with E-state index in [9.17, 15) is 4.79 Å². The Kier molecular flexibility index (Phi) is 9.39. The topological polar surface area (TPSA) is 105 Å². The fraction of sp³-hybridized carbons (Fsp3) is 0.286. The number of hydrogen-bond acceptors (Lipinski definition) is 5. The average Bonchev–Trinajstić information content (AvgIpc) is 3.41. The van der Waals surface area contributed by atoms with Crippen molar-refractivity contribution in [3.63, 3.8) is 0 Å². The van der Waals surface area contributed by atoms with E-state index in [-0.39, 0.29) is 36.4 Å². The van der Waals surface area contributed by atoms with Crippen LogP contribution in [0.15, 0.2) is 62.8 Å². The molecule has 0 saturated heterocycles. The van der Waals surface area contributed by atoms with Crippen LogP contribution in [0.5, 0.6) is 0 Å². The molecule has 0 aliphatic rings. The highest BCUT2D eigenvalue weighted by molar-refractivity contribution is 14.0. The molecule has 3 aromatic rings. The van der Waals surface area contributed by atoms with E-state index < -0.39 is 0 Å². The molecule has 160 valence electrons. The van der Waals surface area contributed by atoms with Crippen molar-refractivity contribution < 1.29 is 13.6 Å². The Bertz CT molecular complexity index is 936. The quantitative estimate of drug-likeness (QED) is 0.238. The van der Waals surface area contributed by atoms with Gasteiger partial charge in [-0.05, 0) is 38.1 Å². The molecular formula is C21H26IN5O3. The molecule has 8 nitrogen and oxygen atoms in total. The summed E-state index contributed by atoms with van der Waals surface area (Å²) >= 11 is 0. The van der Waals surface area contributed by atoms with Crippen molar-refractivity contribution in [3.8, 4) is 11.5 Å². The van der Waals surface area contributed by atoms with Crippen molar-refractivity contribution in [2.45, 2.75) is 26.9 Å². The van der Waals surface area contributed by atoms with Crippen LogP contribution in [-0.2, 0) is 17.9 Å². The van der Waals surface area contributed by atoms with Crippen LogP contribution in [0.3, 0.4) is 0 Å². The molecule has 3 N–H and O–H groups in total. The smallest absolute Gasteiger partial charge is 0.239 e. The van der Waals surface area contributed by atoms with Crippen LogP contribution in [0.2, 0.25) is 0 Å². The number of halogens is 1. The lowest BCUT2D eigenvalue weighted by Gasteiger charge is -2.10. The maximum Gasteiger partial charge on any atom is 0.239 e. The molecule has 3 rings (SSSR count). The molecule has 0 radical (unpaired) electrons. The molecule has 0 spiro atoms. The summed E-state index contributed by atoms with van der Waals surface area (Å²) in [4.78, 5) is 20.9. The number of nitrogens with zero attached hydrogens (tertiary/aromatic N) is 2. The number of aromatic nitrogens is 1. The molecule has 0 aliphatic carbocycles. The third-order valence-electron chi connectivity index (χ3n) is 4.05. The molecule has 1 aromatic carbocycles. The van der Waals surface area contributed by atoms with E-state index in [0.717, 1.165) is 5.56 Å². The van der Waals surface area contributed by atoms with E-state index in [2.05, 4.69) is 25.9 Å². The lowest BCUT2D eigenvalue weighted by atomic mass is 10.1. The van der Waals surface area contributed by atoms with Crippen molar-refractivity contribution in [3.05, 3.63) is 65.9 Å². The summed E-state index contributed by atoms with van der Waals surface area (Å²) < 4.78 is 10.7. The summed E-state index contributed by atoms with van der Waals surface area (Å²) in [5, 5.41) is 8.88. The number of carbonyl (C=O) groups is 1. The fourth-order valence-electron chi connectivity index (χ4n) is 2.54. The van der Waals surface area contributed by atoms with E-state index in [1.165, 1.54) is 5.56 Å². The predicted molar refractivity (Wildman–Crippen MR) is 125 cm³/mol. The molecule has 9 heteroatoms. The summed E-state index contributed by atoms with van der Waals surface area (Å²) in [6.07, 6.45) is 3.17. The third kappa shape index (κ3) is 7.21. The van der Waals surface area contributed by atoms with E-state index in [1.807, 2.05) is 44.2 Å². The van der Waals surface area contributed by atoms with Gasteiger partial charge in [-0.2, -0.15) is 0 Å². The average molecular weight is 523 g/mol. The van der Waals surface area contributed by atoms with E-state index in [4.69, 9.17) is 8.83 Å². The van der Waals surface area contributed by atoms with Gasteiger partial charge in [0, 0.05) is 12.1 Å². The maximum absolute atomic E-state index is 12.0. The van der Waals surface area contributed by atoms with Crippen LogP contribution in [0.4, 0.5) is 0 Å². The molecule has 0 saturated carbocycles. The standard InChI is InChI=1S/C21H25N5O3.HI/c1-3-22-21(25-13-19(27)23-12-18-5-4-10-28-18)24-11-17-14-29-20(26-17)16-8-6-15(2)7-9-16;/h4-10,14H,3,11-13H2,1-2H3,(H,23,27)(H2,22,24,25);1H. The molecule has 1 amide bonds. The molecule has 0 fully saturated rings. The number of hydrogen-bond donors (Lipinski definition) is 3. The zero-order valence-corrected chi connectivity index (χ0v) is 19.3. The van der Waals surface area contributed by atoms with Gasteiger partial charge in [0.1, 0.15) is 17.7 Å². The second-order valence-electron chi connectivity index (χ2n) is 6.41. The minimum Gasteiger partial charge on any atom is -0.467 e. The van der Waals surface area contributed by atoms with Gasteiger partial charge >= 0.3 is 0 Å². The number of amides is 1. The van der Waals surface area contributed by atoms with Gasteiger partial charge in [0.2, 0.25) is 11.8 Å². The molecule has 30 heavy (non-hydrogen) atoms. The van der Waals surface area contributed by atoms with Gasteiger partial charge < -0.3 is 24.8 Å². The van der Waals surface area contributed by atoms with Crippen LogP contribution >= 0.6 is 24.0 Å². The summed E-state index contributed by atoms with van der Waals surface area (Å²) in [6.45, 7) is 5.44. The second kappa shape index (κ2) is 12.0. The monoisotopic (exact) mass is 523 g/mol. The third-order valence-corrected chi connectivity index (χ3v) is 4.05. The number of nitrogens with one attached hydrogen (secondary N) is 3. The molecule has 2 aromatic heterocycles. The van der Waals surface area contributed by atoms with Crippen LogP contribution in [0, 0.1) is 6.92 Å². The van der Waals surface area contributed by atoms with Crippen molar-refractivity contribution in [1.29, 1.82) is 0 Å². The van der Waals surface area contributed by atoms with Gasteiger partial charge in [0.15, 0.2) is 5.96 Å². The second-order valence-corrected chi connectivity index (χ2v) is 6.41. The Morgan fingerprint density at radius 3 is 2.60 bits per heavy atom. The van der Waals surface area contributed by atoms with Crippen molar-refractivity contribution >= 4 is 35.8 Å². The lowest BCUT2D eigenvalue weighted by molar-refractivity contribution is -0.120. The Morgan fingerprint density at radius 2 is 1.90 bits per heavy atom. The number of rotatable bonds is 8. The highest BCUT2D eigenvalue weighted by Gasteiger charge is 2.08. The van der Waals surface area contributed by atoms with Crippen molar-refractivity contribution in [2.24, 2.45) is 4.99 Å². The first-order chi connectivity index (χ1) is 14.1. The van der Waals surface area contributed by atoms with Gasteiger partial charge in [-0.15, -0.1) is 24.0 Å². The Hall–Kier alpha value is -2.82. The van der Waals surface area contributed by atoms with Crippen molar-refractivity contribution in [1.82, 2.24) is 20.9 Å². The van der Waals surface area contributed by atoms with Crippen LogP contribution < -0.4 is 16.0 Å². The molecule has 0 bridgehead atoms. The fourth-order valence-corrected chi connectivity index (χ4v) is 2.54. The maximum atomic E-state index is 12.0. The summed E-state index contributed by atoms with van der Waals surface area (Å²) in [5.74, 6) is 1.63. The first-order valence-electron chi connectivity index (χ1n) is 9.46. The number of guanidine groups is 1. The number of furan rings is 1. The number of aryl methyl sites for hydroxylation is 1. The molecule has 0 aliphatic heterocycles. The summed E-state index contributed by atoms with van der Waals surface area (Å²) in [7, 11) is 0. The normalized spacial score (nSPS) is 10.9. The van der Waals surface area contributed by atoms with Gasteiger partial charge in [-0.1, -0.05) is 17.7 Å². The molecular weight excluding hydrogens is 497 g/mol. The zero-order valence-electron chi connectivity index (χ0n) is 17.0. The van der Waals surface area contributed by atoms with Crippen LogP contribution in [0.1, 0.15) is 23.9 Å². The van der Waals surface area contributed by atoms with Gasteiger partial charge in [0.25, 0.3) is 0 Å². The van der Waals surface area contributed by atoms with Crippen LogP contribution in [-0.4, -0.2) is 29.9 Å². The number of benzene rings is 1. The summed E-state index contributed by atoms with van der Waals surface area (Å²) in [5.41, 5.74) is 2.81. The lowest BCUT2D eigenvalue weighted by Crippen LogP contribution is -2.43. The minimum absolute atomic E-state index is 0. The predicted octanol–water partition coefficient (Wildman–Crippen LogP) is 3.23. The molecule has 2 heterocycles. The Morgan fingerprint density at radius 1 is 1.10 bits per heavy atom. The highest BCUT2D eigenvalue weighted by Crippen LogP contribution is 2.19. The van der Waals surface area contributed by atoms with E-state index >= 15 is 0 Å². The zero-order chi connectivity index (χ0) is 20.5. The first kappa shape index (κ1) is 23.5. The number of carbonyl (C=O) groups excluding carboxylic acids is 1. The number of oxazole rings is 1. The van der Waals surface area contributed by atoms with Crippen LogP contribution in [0.25, 0.3) is 11.5 Å². The number of aliphatic imine (C=N–C) groups is 1. The Balaban J connectivity index is 0.00000320. The molecule has 0 atom stereocenters. The van der Waals surface area contributed by atoms with E-state index in [1.54, 1.807) is 18.6 Å². The largest absolute Gasteiger partial charge is 0.467 e. The van der Waals surface area contributed by atoms with Gasteiger partial charge in [-0.25, -0.2) is 9.98 Å². The van der Waals surface area contributed by atoms with E-state index in [0.29, 0.717) is 42.9 Å². The Labute approximate surface area is 192 Å².